The summed E-state index contributed by atoms with van der Waals surface area (Å²) in [7, 11) is 1.50. The van der Waals surface area contributed by atoms with Gasteiger partial charge in [0.1, 0.15) is 11.8 Å². The molecule has 4 aromatic rings. The zero-order valence-electron chi connectivity index (χ0n) is 17.4. The van der Waals surface area contributed by atoms with Crippen LogP contribution in [0.2, 0.25) is 0 Å². The average Bonchev–Trinajstić information content (AvgIpc) is 3.37. The molecule has 1 aliphatic rings. The van der Waals surface area contributed by atoms with E-state index >= 15 is 4.39 Å². The van der Waals surface area contributed by atoms with E-state index in [9.17, 15) is 5.11 Å². The second-order valence-corrected chi connectivity index (χ2v) is 8.07. The molecular weight excluding hydrogens is 401 g/mol. The molecule has 4 aromatic heterocycles. The summed E-state index contributed by atoms with van der Waals surface area (Å²) in [4.78, 5) is 8.61. The number of fused-ring (bicyclic) bond motifs is 2. The average molecular weight is 425 g/mol. The van der Waals surface area contributed by atoms with Gasteiger partial charge in [0.15, 0.2) is 11.5 Å². The van der Waals surface area contributed by atoms with Crippen LogP contribution in [-0.2, 0) is 0 Å². The monoisotopic (exact) mass is 425 g/mol. The molecule has 1 saturated carbocycles. The lowest BCUT2D eigenvalue weighted by atomic mass is 9.80. The van der Waals surface area contributed by atoms with Gasteiger partial charge in [-0.1, -0.05) is 6.92 Å². The van der Waals surface area contributed by atoms with Gasteiger partial charge in [-0.25, -0.2) is 18.4 Å². The maximum absolute atomic E-state index is 15.0. The van der Waals surface area contributed by atoms with Crippen molar-refractivity contribution in [2.24, 2.45) is 0 Å². The Bertz CT molecular complexity index is 1240. The molecule has 31 heavy (non-hydrogen) atoms. The first-order valence-electron chi connectivity index (χ1n) is 10.4. The van der Waals surface area contributed by atoms with Gasteiger partial charge >= 0.3 is 0 Å². The number of rotatable bonds is 5. The molecule has 0 aliphatic heterocycles. The number of halogens is 1. The second kappa shape index (κ2) is 7.45. The van der Waals surface area contributed by atoms with Gasteiger partial charge in [0.25, 0.3) is 0 Å². The SMILES string of the molecule is CCC1(O)CCC(Nc2nc(OC)c3c(-c4ccc5ncnn5c4)c(F)cn3n2)CC1. The van der Waals surface area contributed by atoms with Crippen molar-refractivity contribution in [3.63, 3.8) is 0 Å². The highest BCUT2D eigenvalue weighted by Gasteiger charge is 2.32. The van der Waals surface area contributed by atoms with E-state index in [0.29, 0.717) is 28.2 Å². The fourth-order valence-electron chi connectivity index (χ4n) is 4.30. The van der Waals surface area contributed by atoms with Gasteiger partial charge in [0.05, 0.1) is 24.5 Å². The molecule has 1 fully saturated rings. The van der Waals surface area contributed by atoms with E-state index < -0.39 is 11.4 Å². The number of aromatic nitrogens is 6. The van der Waals surface area contributed by atoms with Gasteiger partial charge in [-0.3, -0.25) is 0 Å². The van der Waals surface area contributed by atoms with Crippen molar-refractivity contribution in [3.05, 3.63) is 36.7 Å². The molecule has 0 aromatic carbocycles. The smallest absolute Gasteiger partial charge is 0.244 e. The van der Waals surface area contributed by atoms with E-state index in [1.165, 1.54) is 24.1 Å². The summed E-state index contributed by atoms with van der Waals surface area (Å²) >= 11 is 0. The third-order valence-electron chi connectivity index (χ3n) is 6.22. The third kappa shape index (κ3) is 3.46. The van der Waals surface area contributed by atoms with E-state index in [-0.39, 0.29) is 11.9 Å². The predicted octanol–water partition coefficient (Wildman–Crippen LogP) is 3.08. The highest BCUT2D eigenvalue weighted by Crippen LogP contribution is 2.35. The van der Waals surface area contributed by atoms with E-state index in [0.717, 1.165) is 32.1 Å². The molecule has 5 rings (SSSR count). The number of aliphatic hydroxyl groups is 1. The van der Waals surface area contributed by atoms with Crippen molar-refractivity contribution in [3.8, 4) is 17.0 Å². The molecule has 10 heteroatoms. The molecule has 0 radical (unpaired) electrons. The first-order valence-corrected chi connectivity index (χ1v) is 10.4. The Kier molecular flexibility index (Phi) is 4.73. The van der Waals surface area contributed by atoms with Gasteiger partial charge in [-0.15, -0.1) is 5.10 Å². The van der Waals surface area contributed by atoms with Crippen molar-refractivity contribution in [2.45, 2.75) is 50.7 Å². The fourth-order valence-corrected chi connectivity index (χ4v) is 4.30. The van der Waals surface area contributed by atoms with Crippen molar-refractivity contribution in [2.75, 3.05) is 12.4 Å². The summed E-state index contributed by atoms with van der Waals surface area (Å²) in [5.41, 5.74) is 1.49. The molecule has 4 heterocycles. The maximum Gasteiger partial charge on any atom is 0.244 e. The Balaban J connectivity index is 1.50. The maximum atomic E-state index is 15.0. The molecule has 0 amide bonds. The molecule has 162 valence electrons. The first-order chi connectivity index (χ1) is 15.0. The van der Waals surface area contributed by atoms with Gasteiger partial charge in [0.2, 0.25) is 11.8 Å². The molecule has 0 spiro atoms. The number of ether oxygens (including phenoxy) is 1. The Morgan fingerprint density at radius 3 is 2.81 bits per heavy atom. The van der Waals surface area contributed by atoms with E-state index in [2.05, 4.69) is 25.5 Å². The molecule has 0 atom stereocenters. The van der Waals surface area contributed by atoms with Crippen LogP contribution in [0.25, 0.3) is 22.3 Å². The van der Waals surface area contributed by atoms with E-state index in [1.54, 1.807) is 22.8 Å². The summed E-state index contributed by atoms with van der Waals surface area (Å²) in [5, 5.41) is 22.4. The van der Waals surface area contributed by atoms with Crippen LogP contribution in [0.1, 0.15) is 39.0 Å². The van der Waals surface area contributed by atoms with Gasteiger partial charge in [0, 0.05) is 17.8 Å². The minimum Gasteiger partial charge on any atom is -0.479 e. The van der Waals surface area contributed by atoms with E-state index in [4.69, 9.17) is 4.74 Å². The number of pyridine rings is 1. The largest absolute Gasteiger partial charge is 0.479 e. The van der Waals surface area contributed by atoms with Crippen LogP contribution < -0.4 is 10.1 Å². The number of nitrogens with zero attached hydrogens (tertiary/aromatic N) is 6. The van der Waals surface area contributed by atoms with Crippen molar-refractivity contribution in [1.82, 2.24) is 29.2 Å². The lowest BCUT2D eigenvalue weighted by Gasteiger charge is -2.35. The van der Waals surface area contributed by atoms with Crippen LogP contribution in [0.15, 0.2) is 30.9 Å². The molecule has 0 unspecified atom stereocenters. The fraction of sp³-hybridized carbons (Fsp3) is 0.429. The minimum atomic E-state index is -0.579. The van der Waals surface area contributed by atoms with Crippen LogP contribution in [0.4, 0.5) is 10.3 Å². The molecule has 9 nitrogen and oxygen atoms in total. The minimum absolute atomic E-state index is 0.142. The topological polar surface area (TPSA) is 102 Å². The predicted molar refractivity (Wildman–Crippen MR) is 113 cm³/mol. The second-order valence-electron chi connectivity index (χ2n) is 8.07. The summed E-state index contributed by atoms with van der Waals surface area (Å²) in [6, 6.07) is 3.70. The highest BCUT2D eigenvalue weighted by molar-refractivity contribution is 5.85. The molecular formula is C21H24FN7O2. The summed E-state index contributed by atoms with van der Waals surface area (Å²) < 4.78 is 23.6. The standard InChI is InChI=1S/C21H24FN7O2/c1-3-21(30)8-6-14(7-9-21)25-20-26-19(31-2)18-17(15(22)11-29(18)27-20)13-4-5-16-23-12-24-28(16)10-13/h4-5,10-12,14,30H,3,6-9H2,1-2H3,(H,25,27). The number of hydrogen-bond acceptors (Lipinski definition) is 7. The molecule has 1 aliphatic carbocycles. The Hall–Kier alpha value is -3.27. The normalized spacial score (nSPS) is 21.6. The summed E-state index contributed by atoms with van der Waals surface area (Å²) in [6.07, 6.45) is 8.32. The molecule has 2 N–H and O–H groups in total. The van der Waals surface area contributed by atoms with Crippen molar-refractivity contribution < 1.29 is 14.2 Å². The third-order valence-corrected chi connectivity index (χ3v) is 6.22. The van der Waals surface area contributed by atoms with Crippen LogP contribution in [0, 0.1) is 5.82 Å². The highest BCUT2D eigenvalue weighted by atomic mass is 19.1. The zero-order valence-corrected chi connectivity index (χ0v) is 17.4. The van der Waals surface area contributed by atoms with Crippen molar-refractivity contribution in [1.29, 1.82) is 0 Å². The number of methoxy groups -OCH3 is 1. The van der Waals surface area contributed by atoms with Crippen LogP contribution >= 0.6 is 0 Å². The van der Waals surface area contributed by atoms with Crippen LogP contribution in [0.5, 0.6) is 5.88 Å². The number of nitrogens with one attached hydrogen (secondary N) is 1. The van der Waals surface area contributed by atoms with Gasteiger partial charge in [-0.2, -0.15) is 10.1 Å². The van der Waals surface area contributed by atoms with Crippen molar-refractivity contribution >= 4 is 17.1 Å². The summed E-state index contributed by atoms with van der Waals surface area (Å²) in [5.74, 6) is 0.204. The lowest BCUT2D eigenvalue weighted by molar-refractivity contribution is -0.00199. The Morgan fingerprint density at radius 1 is 1.26 bits per heavy atom. The lowest BCUT2D eigenvalue weighted by Crippen LogP contribution is -2.38. The Labute approximate surface area is 177 Å². The summed E-state index contributed by atoms with van der Waals surface area (Å²) in [6.45, 7) is 2.01. The first kappa shape index (κ1) is 19.7. The van der Waals surface area contributed by atoms with Crippen LogP contribution in [0.3, 0.4) is 0 Å². The van der Waals surface area contributed by atoms with Gasteiger partial charge in [-0.05, 0) is 44.2 Å². The van der Waals surface area contributed by atoms with Crippen LogP contribution in [-0.4, -0.2) is 53.1 Å². The van der Waals surface area contributed by atoms with E-state index in [1.807, 2.05) is 6.92 Å². The molecule has 0 bridgehead atoms. The van der Waals surface area contributed by atoms with Gasteiger partial charge < -0.3 is 15.2 Å². The molecule has 0 saturated heterocycles. The number of hydrogen-bond donors (Lipinski definition) is 2. The quantitative estimate of drug-likeness (QED) is 0.507. The number of anilines is 1. The zero-order chi connectivity index (χ0) is 21.6. The Morgan fingerprint density at radius 2 is 2.06 bits per heavy atom.